The molecular formula is C15H24ClNO2. The molecule has 0 saturated heterocycles. The molecule has 0 spiro atoms. The second-order valence-electron chi connectivity index (χ2n) is 4.42. The van der Waals surface area contributed by atoms with E-state index in [1.54, 1.807) is 0 Å². The van der Waals surface area contributed by atoms with Crippen molar-refractivity contribution in [3.63, 3.8) is 0 Å². The van der Waals surface area contributed by atoms with Crippen LogP contribution >= 0.6 is 11.6 Å². The van der Waals surface area contributed by atoms with Gasteiger partial charge in [0.15, 0.2) is 0 Å². The summed E-state index contributed by atoms with van der Waals surface area (Å²) in [6, 6.07) is 5.95. The van der Waals surface area contributed by atoms with Crippen LogP contribution in [0.1, 0.15) is 38.8 Å². The number of nitrogens with one attached hydrogen (secondary N) is 1. The van der Waals surface area contributed by atoms with Crippen LogP contribution in [-0.2, 0) is 4.74 Å². The third kappa shape index (κ3) is 5.81. The highest BCUT2D eigenvalue weighted by molar-refractivity contribution is 6.30. The van der Waals surface area contributed by atoms with Crippen LogP contribution in [0.15, 0.2) is 18.2 Å². The Balaban J connectivity index is 2.60. The van der Waals surface area contributed by atoms with Gasteiger partial charge < -0.3 is 14.8 Å². The smallest absolute Gasteiger partial charge is 0.124 e. The van der Waals surface area contributed by atoms with Crippen molar-refractivity contribution >= 4 is 11.6 Å². The Morgan fingerprint density at radius 1 is 1.21 bits per heavy atom. The standard InChI is InChI=1S/C15H24ClNO2/c1-4-8-18-9-10-19-15-7-6-13(16)11-14(15)12(3)17-5-2/h6-7,11-12,17H,4-5,8-10H2,1-3H3. The Bertz CT molecular complexity index is 371. The molecular weight excluding hydrogens is 262 g/mol. The lowest BCUT2D eigenvalue weighted by Gasteiger charge is -2.18. The third-order valence-electron chi connectivity index (χ3n) is 2.78. The number of hydrogen-bond acceptors (Lipinski definition) is 3. The van der Waals surface area contributed by atoms with Crippen molar-refractivity contribution in [3.8, 4) is 5.75 Å². The molecule has 1 aromatic rings. The minimum absolute atomic E-state index is 0.218. The number of ether oxygens (including phenoxy) is 2. The minimum atomic E-state index is 0.218. The Kier molecular flexibility index (Phi) is 7.87. The van der Waals surface area contributed by atoms with Crippen molar-refractivity contribution < 1.29 is 9.47 Å². The first-order chi connectivity index (χ1) is 9.19. The summed E-state index contributed by atoms with van der Waals surface area (Å²) in [5.41, 5.74) is 1.09. The van der Waals surface area contributed by atoms with Crippen LogP contribution in [0.3, 0.4) is 0 Å². The number of hydrogen-bond donors (Lipinski definition) is 1. The van der Waals surface area contributed by atoms with E-state index in [0.29, 0.717) is 13.2 Å². The zero-order valence-corrected chi connectivity index (χ0v) is 12.8. The average Bonchev–Trinajstić information content (AvgIpc) is 2.40. The minimum Gasteiger partial charge on any atom is -0.491 e. The van der Waals surface area contributed by atoms with E-state index < -0.39 is 0 Å². The fourth-order valence-electron chi connectivity index (χ4n) is 1.86. The van der Waals surface area contributed by atoms with Gasteiger partial charge in [-0.25, -0.2) is 0 Å². The van der Waals surface area contributed by atoms with E-state index in [-0.39, 0.29) is 6.04 Å². The van der Waals surface area contributed by atoms with E-state index in [9.17, 15) is 0 Å². The maximum atomic E-state index is 6.06. The summed E-state index contributed by atoms with van der Waals surface area (Å²) in [7, 11) is 0. The van der Waals surface area contributed by atoms with Crippen molar-refractivity contribution in [2.45, 2.75) is 33.2 Å². The highest BCUT2D eigenvalue weighted by Crippen LogP contribution is 2.28. The van der Waals surface area contributed by atoms with E-state index in [1.807, 2.05) is 18.2 Å². The van der Waals surface area contributed by atoms with Gasteiger partial charge in [-0.05, 0) is 38.1 Å². The average molecular weight is 286 g/mol. The fourth-order valence-corrected chi connectivity index (χ4v) is 2.04. The van der Waals surface area contributed by atoms with Gasteiger partial charge in [-0.1, -0.05) is 25.4 Å². The summed E-state index contributed by atoms with van der Waals surface area (Å²) in [5.74, 6) is 0.873. The predicted octanol–water partition coefficient (Wildman–Crippen LogP) is 3.82. The topological polar surface area (TPSA) is 30.5 Å². The molecule has 1 atom stereocenters. The molecule has 0 aliphatic rings. The van der Waals surface area contributed by atoms with E-state index in [4.69, 9.17) is 21.1 Å². The van der Waals surface area contributed by atoms with Gasteiger partial charge in [0.25, 0.3) is 0 Å². The van der Waals surface area contributed by atoms with Gasteiger partial charge in [0, 0.05) is 23.2 Å². The highest BCUT2D eigenvalue weighted by atomic mass is 35.5. The molecule has 0 aliphatic heterocycles. The SMILES string of the molecule is CCCOCCOc1ccc(Cl)cc1C(C)NCC. The lowest BCUT2D eigenvalue weighted by atomic mass is 10.1. The van der Waals surface area contributed by atoms with Gasteiger partial charge in [-0.15, -0.1) is 0 Å². The molecule has 1 unspecified atom stereocenters. The molecule has 0 amide bonds. The fraction of sp³-hybridized carbons (Fsp3) is 0.600. The largest absolute Gasteiger partial charge is 0.491 e. The van der Waals surface area contributed by atoms with Gasteiger partial charge in [-0.3, -0.25) is 0 Å². The molecule has 19 heavy (non-hydrogen) atoms. The number of benzene rings is 1. The first-order valence-corrected chi connectivity index (χ1v) is 7.30. The van der Waals surface area contributed by atoms with E-state index >= 15 is 0 Å². The molecule has 0 saturated carbocycles. The summed E-state index contributed by atoms with van der Waals surface area (Å²) < 4.78 is 11.2. The highest BCUT2D eigenvalue weighted by Gasteiger charge is 2.11. The third-order valence-corrected chi connectivity index (χ3v) is 3.02. The lowest BCUT2D eigenvalue weighted by Crippen LogP contribution is -2.19. The van der Waals surface area contributed by atoms with Gasteiger partial charge in [0.2, 0.25) is 0 Å². The Labute approximate surface area is 121 Å². The molecule has 0 bridgehead atoms. The summed E-state index contributed by atoms with van der Waals surface area (Å²) >= 11 is 6.06. The maximum absolute atomic E-state index is 6.06. The molecule has 0 fully saturated rings. The van der Waals surface area contributed by atoms with E-state index in [1.165, 1.54) is 0 Å². The summed E-state index contributed by atoms with van der Waals surface area (Å²) in [6.07, 6.45) is 1.03. The first kappa shape index (κ1) is 16.3. The van der Waals surface area contributed by atoms with Gasteiger partial charge in [0.05, 0.1) is 6.61 Å². The normalized spacial score (nSPS) is 12.4. The zero-order valence-electron chi connectivity index (χ0n) is 12.0. The van der Waals surface area contributed by atoms with Crippen LogP contribution in [0.25, 0.3) is 0 Å². The first-order valence-electron chi connectivity index (χ1n) is 6.92. The lowest BCUT2D eigenvalue weighted by molar-refractivity contribution is 0.100. The van der Waals surface area contributed by atoms with Crippen molar-refractivity contribution in [1.29, 1.82) is 0 Å². The summed E-state index contributed by atoms with van der Waals surface area (Å²) in [5, 5.41) is 4.10. The van der Waals surface area contributed by atoms with Crippen LogP contribution < -0.4 is 10.1 Å². The van der Waals surface area contributed by atoms with Crippen LogP contribution in [0.4, 0.5) is 0 Å². The molecule has 108 valence electrons. The molecule has 4 heteroatoms. The van der Waals surface area contributed by atoms with E-state index in [2.05, 4.69) is 26.1 Å². The molecule has 3 nitrogen and oxygen atoms in total. The molecule has 1 rings (SSSR count). The van der Waals surface area contributed by atoms with Crippen molar-refractivity contribution in [2.75, 3.05) is 26.4 Å². The van der Waals surface area contributed by atoms with Crippen LogP contribution in [0, 0.1) is 0 Å². The monoisotopic (exact) mass is 285 g/mol. The van der Waals surface area contributed by atoms with Gasteiger partial charge in [-0.2, -0.15) is 0 Å². The van der Waals surface area contributed by atoms with Gasteiger partial charge in [0.1, 0.15) is 12.4 Å². The van der Waals surface area contributed by atoms with Crippen molar-refractivity contribution in [3.05, 3.63) is 28.8 Å². The molecule has 0 aliphatic carbocycles. The van der Waals surface area contributed by atoms with Crippen LogP contribution in [-0.4, -0.2) is 26.4 Å². The molecule has 1 N–H and O–H groups in total. The van der Waals surface area contributed by atoms with Gasteiger partial charge >= 0.3 is 0 Å². The Morgan fingerprint density at radius 3 is 2.68 bits per heavy atom. The second kappa shape index (κ2) is 9.18. The predicted molar refractivity (Wildman–Crippen MR) is 80.1 cm³/mol. The maximum Gasteiger partial charge on any atom is 0.124 e. The second-order valence-corrected chi connectivity index (χ2v) is 4.86. The quantitative estimate of drug-likeness (QED) is 0.700. The Morgan fingerprint density at radius 2 is 2.00 bits per heavy atom. The molecule has 1 aromatic carbocycles. The van der Waals surface area contributed by atoms with Crippen molar-refractivity contribution in [2.24, 2.45) is 0 Å². The number of rotatable bonds is 9. The van der Waals surface area contributed by atoms with E-state index in [0.717, 1.165) is 35.9 Å². The Hall–Kier alpha value is -0.770. The molecule has 0 aromatic heterocycles. The summed E-state index contributed by atoms with van der Waals surface area (Å²) in [6.45, 7) is 9.16. The number of halogens is 1. The van der Waals surface area contributed by atoms with Crippen molar-refractivity contribution in [1.82, 2.24) is 5.32 Å². The zero-order chi connectivity index (χ0) is 14.1. The molecule has 0 radical (unpaired) electrons. The van der Waals surface area contributed by atoms with Crippen LogP contribution in [0.5, 0.6) is 5.75 Å². The van der Waals surface area contributed by atoms with Crippen LogP contribution in [0.2, 0.25) is 5.02 Å². The molecule has 0 heterocycles. The summed E-state index contributed by atoms with van der Waals surface area (Å²) in [4.78, 5) is 0.